The van der Waals surface area contributed by atoms with Gasteiger partial charge in [0.2, 0.25) is 5.91 Å². The van der Waals surface area contributed by atoms with Gasteiger partial charge >= 0.3 is 0 Å². The summed E-state index contributed by atoms with van der Waals surface area (Å²) in [6.07, 6.45) is 5.25. The molecule has 2 aromatic rings. The van der Waals surface area contributed by atoms with Crippen LogP contribution >= 0.6 is 0 Å². The van der Waals surface area contributed by atoms with Crippen LogP contribution in [0.1, 0.15) is 41.1 Å². The zero-order chi connectivity index (χ0) is 18.9. The van der Waals surface area contributed by atoms with Crippen LogP contribution in [-0.4, -0.2) is 53.6 Å². The van der Waals surface area contributed by atoms with E-state index in [0.29, 0.717) is 18.9 Å². The van der Waals surface area contributed by atoms with Crippen molar-refractivity contribution < 1.29 is 9.53 Å². The zero-order valence-corrected chi connectivity index (χ0v) is 16.1. The van der Waals surface area contributed by atoms with E-state index in [4.69, 9.17) is 4.74 Å². The molecule has 1 fully saturated rings. The van der Waals surface area contributed by atoms with Crippen molar-refractivity contribution in [1.82, 2.24) is 14.9 Å². The summed E-state index contributed by atoms with van der Waals surface area (Å²) < 4.78 is 5.46. The van der Waals surface area contributed by atoms with Crippen molar-refractivity contribution in [2.24, 2.45) is 0 Å². The van der Waals surface area contributed by atoms with Crippen LogP contribution in [0.25, 0.3) is 0 Å². The first-order valence-corrected chi connectivity index (χ1v) is 10.3. The van der Waals surface area contributed by atoms with Crippen LogP contribution in [-0.2, 0) is 28.9 Å². The average molecular weight is 378 g/mol. The second-order valence-electron chi connectivity index (χ2n) is 7.93. The van der Waals surface area contributed by atoms with E-state index < -0.39 is 0 Å². The van der Waals surface area contributed by atoms with Crippen molar-refractivity contribution in [3.8, 4) is 0 Å². The van der Waals surface area contributed by atoms with Crippen LogP contribution < -0.4 is 4.90 Å². The Morgan fingerprint density at radius 2 is 1.96 bits per heavy atom. The molecule has 6 heteroatoms. The number of nitrogens with zero attached hydrogens (tertiary/aromatic N) is 4. The summed E-state index contributed by atoms with van der Waals surface area (Å²) in [6.45, 7) is 4.58. The van der Waals surface area contributed by atoms with Crippen LogP contribution in [0, 0.1) is 0 Å². The van der Waals surface area contributed by atoms with Crippen molar-refractivity contribution in [3.05, 3.63) is 53.0 Å². The molecule has 28 heavy (non-hydrogen) atoms. The first kappa shape index (κ1) is 17.6. The van der Waals surface area contributed by atoms with Crippen molar-refractivity contribution in [2.75, 3.05) is 37.7 Å². The highest BCUT2D eigenvalue weighted by Gasteiger charge is 2.30. The molecule has 1 unspecified atom stereocenters. The Morgan fingerprint density at radius 3 is 2.86 bits per heavy atom. The molecule has 0 spiro atoms. The van der Waals surface area contributed by atoms with Crippen molar-refractivity contribution >= 4 is 11.7 Å². The van der Waals surface area contributed by atoms with Gasteiger partial charge in [-0.25, -0.2) is 9.97 Å². The minimum absolute atomic E-state index is 0.249. The van der Waals surface area contributed by atoms with E-state index in [2.05, 4.69) is 39.1 Å². The first-order valence-electron chi connectivity index (χ1n) is 10.3. The SMILES string of the molecule is O=C(CC1CCc2ccccc21)N1CCc2c(ncnc2N2CCOCC2)C1. The van der Waals surface area contributed by atoms with Crippen LogP contribution in [0.4, 0.5) is 5.82 Å². The first-order chi connectivity index (χ1) is 13.8. The third kappa shape index (κ3) is 3.26. The molecule has 5 rings (SSSR count). The Balaban J connectivity index is 1.29. The van der Waals surface area contributed by atoms with E-state index in [1.54, 1.807) is 6.33 Å². The van der Waals surface area contributed by atoms with Crippen LogP contribution in [0.2, 0.25) is 0 Å². The fraction of sp³-hybridized carbons (Fsp3) is 0.500. The van der Waals surface area contributed by atoms with E-state index in [-0.39, 0.29) is 5.91 Å². The fourth-order valence-electron chi connectivity index (χ4n) is 4.79. The molecule has 1 amide bonds. The third-order valence-electron chi connectivity index (χ3n) is 6.33. The van der Waals surface area contributed by atoms with E-state index >= 15 is 0 Å². The van der Waals surface area contributed by atoms with Gasteiger partial charge in [0.25, 0.3) is 0 Å². The third-order valence-corrected chi connectivity index (χ3v) is 6.33. The normalized spacial score (nSPS) is 21.4. The number of rotatable bonds is 3. The summed E-state index contributed by atoms with van der Waals surface area (Å²) in [5, 5.41) is 0. The van der Waals surface area contributed by atoms with Crippen molar-refractivity contribution in [1.29, 1.82) is 0 Å². The van der Waals surface area contributed by atoms with E-state index in [0.717, 1.165) is 63.6 Å². The highest BCUT2D eigenvalue weighted by molar-refractivity contribution is 5.78. The minimum atomic E-state index is 0.249. The van der Waals surface area contributed by atoms with Gasteiger partial charge in [0.05, 0.1) is 25.5 Å². The Labute approximate surface area is 165 Å². The topological polar surface area (TPSA) is 58.6 Å². The Bertz CT molecular complexity index is 879. The smallest absolute Gasteiger partial charge is 0.223 e. The predicted molar refractivity (Wildman–Crippen MR) is 106 cm³/mol. The predicted octanol–water partition coefficient (Wildman–Crippen LogP) is 2.32. The Morgan fingerprint density at radius 1 is 1.11 bits per heavy atom. The summed E-state index contributed by atoms with van der Waals surface area (Å²) in [4.78, 5) is 26.4. The number of fused-ring (bicyclic) bond motifs is 2. The van der Waals surface area contributed by atoms with Crippen LogP contribution in [0.15, 0.2) is 30.6 Å². The molecular weight excluding hydrogens is 352 g/mol. The van der Waals surface area contributed by atoms with Crippen LogP contribution in [0.5, 0.6) is 0 Å². The molecule has 3 aliphatic rings. The number of anilines is 1. The van der Waals surface area contributed by atoms with Crippen molar-refractivity contribution in [2.45, 2.75) is 38.1 Å². The van der Waals surface area contributed by atoms with Gasteiger partial charge in [-0.3, -0.25) is 4.79 Å². The lowest BCUT2D eigenvalue weighted by Crippen LogP contribution is -2.40. The summed E-state index contributed by atoms with van der Waals surface area (Å²) in [5.41, 5.74) is 4.99. The number of carbonyl (C=O) groups excluding carboxylic acids is 1. The molecule has 1 aromatic heterocycles. The van der Waals surface area contributed by atoms with Gasteiger partial charge in [0.1, 0.15) is 12.1 Å². The van der Waals surface area contributed by atoms with Gasteiger partial charge in [-0.05, 0) is 36.3 Å². The molecule has 1 aliphatic carbocycles. The summed E-state index contributed by atoms with van der Waals surface area (Å²) in [7, 11) is 0. The van der Waals surface area contributed by atoms with Gasteiger partial charge in [0, 0.05) is 31.6 Å². The lowest BCUT2D eigenvalue weighted by molar-refractivity contribution is -0.132. The number of carbonyl (C=O) groups is 1. The van der Waals surface area contributed by atoms with Gasteiger partial charge in [-0.1, -0.05) is 24.3 Å². The minimum Gasteiger partial charge on any atom is -0.378 e. The van der Waals surface area contributed by atoms with Gasteiger partial charge in [-0.15, -0.1) is 0 Å². The molecule has 0 bridgehead atoms. The number of ether oxygens (including phenoxy) is 1. The van der Waals surface area contributed by atoms with Gasteiger partial charge in [-0.2, -0.15) is 0 Å². The molecule has 1 saturated heterocycles. The molecule has 0 saturated carbocycles. The number of morpholine rings is 1. The van der Waals surface area contributed by atoms with E-state index in [1.807, 2.05) is 4.90 Å². The lowest BCUT2D eigenvalue weighted by Gasteiger charge is -2.34. The average Bonchev–Trinajstić information content (AvgIpc) is 3.16. The lowest BCUT2D eigenvalue weighted by atomic mass is 9.96. The maximum absolute atomic E-state index is 13.0. The van der Waals surface area contributed by atoms with Crippen LogP contribution in [0.3, 0.4) is 0 Å². The Hall–Kier alpha value is -2.47. The molecule has 1 aromatic carbocycles. The molecule has 146 valence electrons. The summed E-state index contributed by atoms with van der Waals surface area (Å²) >= 11 is 0. The number of amides is 1. The van der Waals surface area contributed by atoms with E-state index in [9.17, 15) is 4.79 Å². The molecular formula is C22H26N4O2. The second kappa shape index (κ2) is 7.51. The van der Waals surface area contributed by atoms with Gasteiger partial charge in [0.15, 0.2) is 0 Å². The maximum Gasteiger partial charge on any atom is 0.223 e. The van der Waals surface area contributed by atoms with Crippen molar-refractivity contribution in [3.63, 3.8) is 0 Å². The maximum atomic E-state index is 13.0. The summed E-state index contributed by atoms with van der Waals surface area (Å²) in [5.74, 6) is 1.64. The molecule has 6 nitrogen and oxygen atoms in total. The number of hydrogen-bond acceptors (Lipinski definition) is 5. The standard InChI is InChI=1S/C22H26N4O2/c27-21(13-17-6-5-16-3-1-2-4-18(16)17)26-8-7-19-20(14-26)23-15-24-22(19)25-9-11-28-12-10-25/h1-4,15,17H,5-14H2. The Kier molecular flexibility index (Phi) is 4.72. The number of aryl methyl sites for hydroxylation is 1. The molecule has 0 radical (unpaired) electrons. The van der Waals surface area contributed by atoms with Gasteiger partial charge < -0.3 is 14.5 Å². The highest BCUT2D eigenvalue weighted by atomic mass is 16.5. The molecule has 2 aliphatic heterocycles. The fourth-order valence-corrected chi connectivity index (χ4v) is 4.79. The zero-order valence-electron chi connectivity index (χ0n) is 16.1. The summed E-state index contributed by atoms with van der Waals surface area (Å²) in [6, 6.07) is 8.56. The van der Waals surface area contributed by atoms with E-state index in [1.165, 1.54) is 16.7 Å². The number of benzene rings is 1. The highest BCUT2D eigenvalue weighted by Crippen LogP contribution is 2.36. The quantitative estimate of drug-likeness (QED) is 0.820. The number of aromatic nitrogens is 2. The molecule has 0 N–H and O–H groups in total. The molecule has 1 atom stereocenters. The largest absolute Gasteiger partial charge is 0.378 e. The monoisotopic (exact) mass is 378 g/mol. The second-order valence-corrected chi connectivity index (χ2v) is 7.93. The number of hydrogen-bond donors (Lipinski definition) is 0. The molecule has 3 heterocycles.